The summed E-state index contributed by atoms with van der Waals surface area (Å²) in [6.07, 6.45) is 0. The minimum Gasteiger partial charge on any atom is -0.366 e. The Labute approximate surface area is 102 Å². The van der Waals surface area contributed by atoms with Crippen molar-refractivity contribution in [2.75, 3.05) is 0 Å². The lowest BCUT2D eigenvalue weighted by Crippen LogP contribution is -2.12. The number of aryl methyl sites for hydroxylation is 1. The third-order valence-corrected chi connectivity index (χ3v) is 3.12. The van der Waals surface area contributed by atoms with Gasteiger partial charge in [0.15, 0.2) is 0 Å². The molecule has 0 aromatic heterocycles. The number of primary amides is 1. The number of nitrogens with two attached hydrogens (primary N) is 1. The first-order chi connectivity index (χ1) is 8.02. The highest BCUT2D eigenvalue weighted by molar-refractivity contribution is 6.03. The predicted molar refractivity (Wildman–Crippen MR) is 70.4 cm³/mol. The smallest absolute Gasteiger partial charge is 0.249 e. The fourth-order valence-electron chi connectivity index (χ4n) is 2.36. The zero-order chi connectivity index (χ0) is 12.6. The standard InChI is InChI=1S/C15H17NO/c1-9(2)12-7-5-4-6-11-8-10(3)13(14(11)12)15(16)17/h4-9H,1-3H3,(H2,16,17). The van der Waals surface area contributed by atoms with Crippen LogP contribution in [0, 0.1) is 6.92 Å². The summed E-state index contributed by atoms with van der Waals surface area (Å²) in [6.45, 7) is 6.19. The molecule has 0 bridgehead atoms. The second-order valence-electron chi connectivity index (χ2n) is 4.73. The Morgan fingerprint density at radius 2 is 1.88 bits per heavy atom. The first-order valence-electron chi connectivity index (χ1n) is 5.84. The van der Waals surface area contributed by atoms with Gasteiger partial charge in [0.2, 0.25) is 5.91 Å². The van der Waals surface area contributed by atoms with Gasteiger partial charge in [0.25, 0.3) is 0 Å². The Bertz CT molecular complexity index is 543. The summed E-state index contributed by atoms with van der Waals surface area (Å²) in [4.78, 5) is 11.6. The van der Waals surface area contributed by atoms with E-state index in [1.54, 1.807) is 0 Å². The van der Waals surface area contributed by atoms with Gasteiger partial charge in [-0.15, -0.1) is 0 Å². The SMILES string of the molecule is Cc1cc2ccccc(C(C)C)c-2c1C(N)=O. The summed E-state index contributed by atoms with van der Waals surface area (Å²) >= 11 is 0. The van der Waals surface area contributed by atoms with Gasteiger partial charge in [-0.1, -0.05) is 44.2 Å². The third kappa shape index (κ3) is 1.91. The topological polar surface area (TPSA) is 43.1 Å². The number of hydrogen-bond donors (Lipinski definition) is 1. The summed E-state index contributed by atoms with van der Waals surface area (Å²) in [6, 6.07) is 10.1. The van der Waals surface area contributed by atoms with E-state index in [0.717, 1.165) is 16.7 Å². The van der Waals surface area contributed by atoms with Gasteiger partial charge < -0.3 is 5.73 Å². The summed E-state index contributed by atoms with van der Waals surface area (Å²) in [7, 11) is 0. The van der Waals surface area contributed by atoms with Crippen LogP contribution in [-0.2, 0) is 0 Å². The first kappa shape index (κ1) is 11.6. The number of hydrogen-bond acceptors (Lipinski definition) is 1. The maximum absolute atomic E-state index is 11.6. The average molecular weight is 227 g/mol. The zero-order valence-corrected chi connectivity index (χ0v) is 10.4. The molecule has 0 heterocycles. The third-order valence-electron chi connectivity index (χ3n) is 3.12. The summed E-state index contributed by atoms with van der Waals surface area (Å²) < 4.78 is 0. The lowest BCUT2D eigenvalue weighted by Gasteiger charge is -2.10. The fraction of sp³-hybridized carbons (Fsp3) is 0.267. The van der Waals surface area contributed by atoms with E-state index in [1.807, 2.05) is 31.2 Å². The van der Waals surface area contributed by atoms with Crippen LogP contribution in [0.25, 0.3) is 11.1 Å². The van der Waals surface area contributed by atoms with Crippen LogP contribution in [0.1, 0.15) is 41.3 Å². The van der Waals surface area contributed by atoms with Crippen LogP contribution in [0.3, 0.4) is 0 Å². The molecular formula is C15H17NO. The zero-order valence-electron chi connectivity index (χ0n) is 10.4. The largest absolute Gasteiger partial charge is 0.366 e. The Morgan fingerprint density at radius 3 is 2.47 bits per heavy atom. The molecule has 2 heteroatoms. The molecule has 0 aromatic carbocycles. The molecular weight excluding hydrogens is 210 g/mol. The number of amides is 1. The summed E-state index contributed by atoms with van der Waals surface area (Å²) in [5.74, 6) is 0.0235. The van der Waals surface area contributed by atoms with E-state index in [9.17, 15) is 4.79 Å². The van der Waals surface area contributed by atoms with Crippen LogP contribution >= 0.6 is 0 Å². The van der Waals surface area contributed by atoms with Crippen molar-refractivity contribution in [2.24, 2.45) is 5.73 Å². The summed E-state index contributed by atoms with van der Waals surface area (Å²) in [5, 5.41) is 0. The van der Waals surface area contributed by atoms with Crippen LogP contribution in [0.15, 0.2) is 30.3 Å². The van der Waals surface area contributed by atoms with Crippen molar-refractivity contribution in [3.8, 4) is 11.1 Å². The molecule has 0 saturated heterocycles. The Balaban J connectivity index is 2.85. The molecule has 0 saturated carbocycles. The lowest BCUT2D eigenvalue weighted by molar-refractivity contribution is 0.100. The molecule has 2 aliphatic rings. The fourth-order valence-corrected chi connectivity index (χ4v) is 2.36. The number of carbonyl (C=O) groups is 1. The van der Waals surface area contributed by atoms with E-state index < -0.39 is 0 Å². The van der Waals surface area contributed by atoms with Crippen LogP contribution in [0.5, 0.6) is 0 Å². The molecule has 0 atom stereocenters. The van der Waals surface area contributed by atoms with Crippen LogP contribution in [-0.4, -0.2) is 5.91 Å². The monoisotopic (exact) mass is 227 g/mol. The van der Waals surface area contributed by atoms with E-state index >= 15 is 0 Å². The number of carbonyl (C=O) groups excluding carboxylic acids is 1. The Hall–Kier alpha value is -1.83. The molecule has 0 aromatic rings. The normalized spacial score (nSPS) is 11.1. The van der Waals surface area contributed by atoms with E-state index in [2.05, 4.69) is 19.9 Å². The molecule has 0 fully saturated rings. The quantitative estimate of drug-likeness (QED) is 0.840. The molecule has 0 aliphatic heterocycles. The van der Waals surface area contributed by atoms with Gasteiger partial charge in [0.05, 0.1) is 5.56 Å². The number of rotatable bonds is 2. The highest BCUT2D eigenvalue weighted by Crippen LogP contribution is 2.36. The lowest BCUT2D eigenvalue weighted by atomic mass is 9.94. The Kier molecular flexibility index (Phi) is 2.88. The van der Waals surface area contributed by atoms with Crippen LogP contribution in [0.2, 0.25) is 0 Å². The molecule has 0 spiro atoms. The molecule has 0 unspecified atom stereocenters. The van der Waals surface area contributed by atoms with Crippen molar-refractivity contribution < 1.29 is 4.79 Å². The van der Waals surface area contributed by atoms with Crippen molar-refractivity contribution >= 4 is 5.91 Å². The highest BCUT2D eigenvalue weighted by Gasteiger charge is 2.20. The first-order valence-corrected chi connectivity index (χ1v) is 5.84. The number of fused-ring (bicyclic) bond motifs is 1. The van der Waals surface area contributed by atoms with Gasteiger partial charge in [-0.3, -0.25) is 4.79 Å². The molecule has 17 heavy (non-hydrogen) atoms. The van der Waals surface area contributed by atoms with Gasteiger partial charge in [-0.25, -0.2) is 0 Å². The van der Waals surface area contributed by atoms with Gasteiger partial charge in [-0.05, 0) is 35.1 Å². The minimum atomic E-state index is -0.342. The second-order valence-corrected chi connectivity index (χ2v) is 4.73. The van der Waals surface area contributed by atoms with E-state index in [1.165, 1.54) is 5.56 Å². The van der Waals surface area contributed by atoms with Crippen LogP contribution in [0.4, 0.5) is 0 Å². The van der Waals surface area contributed by atoms with E-state index in [0.29, 0.717) is 11.5 Å². The maximum atomic E-state index is 11.6. The van der Waals surface area contributed by atoms with Crippen molar-refractivity contribution in [2.45, 2.75) is 26.7 Å². The van der Waals surface area contributed by atoms with Gasteiger partial charge >= 0.3 is 0 Å². The van der Waals surface area contributed by atoms with Crippen LogP contribution < -0.4 is 5.73 Å². The minimum absolute atomic E-state index is 0.342. The van der Waals surface area contributed by atoms with Gasteiger partial charge in [-0.2, -0.15) is 0 Å². The average Bonchev–Trinajstić information content (AvgIpc) is 2.42. The molecule has 2 N–H and O–H groups in total. The second kappa shape index (κ2) is 4.21. The molecule has 0 radical (unpaired) electrons. The Morgan fingerprint density at radius 1 is 1.24 bits per heavy atom. The van der Waals surface area contributed by atoms with E-state index in [-0.39, 0.29) is 5.91 Å². The van der Waals surface area contributed by atoms with E-state index in [4.69, 9.17) is 5.73 Å². The highest BCUT2D eigenvalue weighted by atomic mass is 16.1. The molecule has 2 nitrogen and oxygen atoms in total. The predicted octanol–water partition coefficient (Wildman–Crippen LogP) is 3.32. The molecule has 1 amide bonds. The maximum Gasteiger partial charge on any atom is 0.249 e. The van der Waals surface area contributed by atoms with Crippen molar-refractivity contribution in [1.29, 1.82) is 0 Å². The molecule has 88 valence electrons. The van der Waals surface area contributed by atoms with Crippen molar-refractivity contribution in [3.63, 3.8) is 0 Å². The molecule has 2 rings (SSSR count). The molecule has 2 aliphatic carbocycles. The van der Waals surface area contributed by atoms with Gasteiger partial charge in [0, 0.05) is 0 Å². The van der Waals surface area contributed by atoms with Crippen molar-refractivity contribution in [1.82, 2.24) is 0 Å². The van der Waals surface area contributed by atoms with Gasteiger partial charge in [0.1, 0.15) is 0 Å². The summed E-state index contributed by atoms with van der Waals surface area (Å²) in [5.41, 5.74) is 10.4. The van der Waals surface area contributed by atoms with Crippen molar-refractivity contribution in [3.05, 3.63) is 47.0 Å².